The van der Waals surface area contributed by atoms with Crippen LogP contribution in [0.1, 0.15) is 43.4 Å². The van der Waals surface area contributed by atoms with Crippen molar-refractivity contribution in [1.82, 2.24) is 5.32 Å². The summed E-state index contributed by atoms with van der Waals surface area (Å²) >= 11 is 1.75. The molecule has 0 aromatic carbocycles. The van der Waals surface area contributed by atoms with Crippen molar-refractivity contribution < 1.29 is 4.79 Å². The normalized spacial score (nSPS) is 18.7. The minimum Gasteiger partial charge on any atom is -0.370 e. The van der Waals surface area contributed by atoms with Gasteiger partial charge in [-0.3, -0.25) is 4.79 Å². The third-order valence-electron chi connectivity index (χ3n) is 3.76. The molecule has 1 aliphatic rings. The van der Waals surface area contributed by atoms with Crippen LogP contribution in [0.25, 0.3) is 0 Å². The predicted molar refractivity (Wildman–Crippen MR) is 75.3 cm³/mol. The largest absolute Gasteiger partial charge is 0.370 e. The minimum absolute atomic E-state index is 0.191. The fourth-order valence-electron chi connectivity index (χ4n) is 2.80. The van der Waals surface area contributed by atoms with Gasteiger partial charge in [-0.05, 0) is 30.2 Å². The van der Waals surface area contributed by atoms with E-state index in [0.29, 0.717) is 12.3 Å². The third kappa shape index (κ3) is 4.10. The first-order valence-electron chi connectivity index (χ1n) is 6.80. The van der Waals surface area contributed by atoms with Crippen LogP contribution in [0.4, 0.5) is 0 Å². The van der Waals surface area contributed by atoms with Gasteiger partial charge in [-0.1, -0.05) is 25.3 Å². The lowest BCUT2D eigenvalue weighted by atomic mass is 9.82. The van der Waals surface area contributed by atoms with Gasteiger partial charge in [-0.25, -0.2) is 0 Å². The minimum atomic E-state index is -0.191. The van der Waals surface area contributed by atoms with E-state index in [2.05, 4.69) is 22.8 Å². The molecule has 100 valence electrons. The molecule has 1 atom stereocenters. The average molecular weight is 266 g/mol. The number of thiophene rings is 1. The Kier molecular flexibility index (Phi) is 5.20. The zero-order chi connectivity index (χ0) is 12.8. The van der Waals surface area contributed by atoms with Gasteiger partial charge >= 0.3 is 0 Å². The predicted octanol–water partition coefficient (Wildman–Crippen LogP) is 2.66. The van der Waals surface area contributed by atoms with Crippen molar-refractivity contribution in [2.75, 3.05) is 0 Å². The highest BCUT2D eigenvalue weighted by Crippen LogP contribution is 2.28. The highest BCUT2D eigenvalue weighted by atomic mass is 32.1. The van der Waals surface area contributed by atoms with Crippen molar-refractivity contribution in [2.45, 2.75) is 51.1 Å². The standard InChI is InChI=1S/C14H22N2OS/c15-14(17)9-13(11-5-2-1-3-6-11)16-10-12-7-4-8-18-12/h4,7-8,11,13,16H,1-3,5-6,9-10H2,(H2,15,17)/t13-/m1/s1. The van der Waals surface area contributed by atoms with Gasteiger partial charge in [0.15, 0.2) is 0 Å². The second kappa shape index (κ2) is 6.90. The summed E-state index contributed by atoms with van der Waals surface area (Å²) in [6.07, 6.45) is 6.85. The van der Waals surface area contributed by atoms with Gasteiger partial charge in [0.05, 0.1) is 0 Å². The molecule has 1 aromatic heterocycles. The van der Waals surface area contributed by atoms with Crippen LogP contribution < -0.4 is 11.1 Å². The molecule has 18 heavy (non-hydrogen) atoms. The van der Waals surface area contributed by atoms with E-state index < -0.39 is 0 Å². The van der Waals surface area contributed by atoms with Crippen LogP contribution in [0, 0.1) is 5.92 Å². The summed E-state index contributed by atoms with van der Waals surface area (Å²) < 4.78 is 0. The van der Waals surface area contributed by atoms with Crippen molar-refractivity contribution in [3.63, 3.8) is 0 Å². The molecule has 0 bridgehead atoms. The van der Waals surface area contributed by atoms with Crippen molar-refractivity contribution in [1.29, 1.82) is 0 Å². The summed E-state index contributed by atoms with van der Waals surface area (Å²) in [6.45, 7) is 0.853. The number of primary amides is 1. The number of amides is 1. The fraction of sp³-hybridized carbons (Fsp3) is 0.643. The molecule has 3 N–H and O–H groups in total. The number of nitrogens with one attached hydrogen (secondary N) is 1. The van der Waals surface area contributed by atoms with Crippen LogP contribution in [0.3, 0.4) is 0 Å². The Labute approximate surface area is 113 Å². The first-order chi connectivity index (χ1) is 8.75. The third-order valence-corrected chi connectivity index (χ3v) is 4.63. The van der Waals surface area contributed by atoms with E-state index in [-0.39, 0.29) is 11.9 Å². The molecule has 4 heteroatoms. The number of hydrogen-bond acceptors (Lipinski definition) is 3. The zero-order valence-corrected chi connectivity index (χ0v) is 11.5. The van der Waals surface area contributed by atoms with E-state index in [4.69, 9.17) is 5.73 Å². The van der Waals surface area contributed by atoms with Gasteiger partial charge in [-0.2, -0.15) is 0 Å². The maximum absolute atomic E-state index is 11.2. The molecule has 0 aliphatic heterocycles. The van der Waals surface area contributed by atoms with Crippen LogP contribution in [0.5, 0.6) is 0 Å². The fourth-order valence-corrected chi connectivity index (χ4v) is 3.46. The zero-order valence-electron chi connectivity index (χ0n) is 10.7. The highest BCUT2D eigenvalue weighted by Gasteiger charge is 2.24. The van der Waals surface area contributed by atoms with Crippen LogP contribution in [-0.4, -0.2) is 11.9 Å². The Hall–Kier alpha value is -0.870. The monoisotopic (exact) mass is 266 g/mol. The molecule has 0 saturated heterocycles. The molecule has 2 rings (SSSR count). The van der Waals surface area contributed by atoms with E-state index in [1.54, 1.807) is 11.3 Å². The number of rotatable bonds is 6. The molecule has 0 radical (unpaired) electrons. The van der Waals surface area contributed by atoms with Crippen molar-refractivity contribution in [3.8, 4) is 0 Å². The van der Waals surface area contributed by atoms with Crippen LogP contribution in [0.2, 0.25) is 0 Å². The lowest BCUT2D eigenvalue weighted by molar-refractivity contribution is -0.118. The van der Waals surface area contributed by atoms with Crippen LogP contribution >= 0.6 is 11.3 Å². The lowest BCUT2D eigenvalue weighted by Gasteiger charge is -2.30. The smallest absolute Gasteiger partial charge is 0.218 e. The van der Waals surface area contributed by atoms with Gasteiger partial charge in [0.25, 0.3) is 0 Å². The summed E-state index contributed by atoms with van der Waals surface area (Å²) in [5, 5.41) is 5.62. The quantitative estimate of drug-likeness (QED) is 0.831. The summed E-state index contributed by atoms with van der Waals surface area (Å²) in [5.74, 6) is 0.426. The van der Waals surface area contributed by atoms with Gasteiger partial charge < -0.3 is 11.1 Å². The topological polar surface area (TPSA) is 55.1 Å². The Morgan fingerprint density at radius 3 is 2.83 bits per heavy atom. The van der Waals surface area contributed by atoms with Gasteiger partial charge in [0.2, 0.25) is 5.91 Å². The number of hydrogen-bond donors (Lipinski definition) is 2. The summed E-state index contributed by atoms with van der Waals surface area (Å²) in [6, 6.07) is 4.44. The van der Waals surface area contributed by atoms with E-state index in [1.807, 2.05) is 0 Å². The van der Waals surface area contributed by atoms with Crippen LogP contribution in [0.15, 0.2) is 17.5 Å². The molecule has 1 saturated carbocycles. The SMILES string of the molecule is NC(=O)C[C@@H](NCc1cccs1)C1CCCCC1. The van der Waals surface area contributed by atoms with E-state index in [0.717, 1.165) is 6.54 Å². The Morgan fingerprint density at radius 1 is 1.44 bits per heavy atom. The Bertz CT molecular complexity index is 358. The van der Waals surface area contributed by atoms with Gasteiger partial charge in [0, 0.05) is 23.9 Å². The maximum Gasteiger partial charge on any atom is 0.218 e. The van der Waals surface area contributed by atoms with E-state index >= 15 is 0 Å². The average Bonchev–Trinajstić information content (AvgIpc) is 2.88. The van der Waals surface area contributed by atoms with Gasteiger partial charge in [-0.15, -0.1) is 11.3 Å². The van der Waals surface area contributed by atoms with Crippen LogP contribution in [-0.2, 0) is 11.3 Å². The summed E-state index contributed by atoms with van der Waals surface area (Å²) in [4.78, 5) is 12.5. The lowest BCUT2D eigenvalue weighted by Crippen LogP contribution is -2.39. The summed E-state index contributed by atoms with van der Waals surface area (Å²) in [7, 11) is 0. The number of carbonyl (C=O) groups is 1. The Morgan fingerprint density at radius 2 is 2.22 bits per heavy atom. The second-order valence-electron chi connectivity index (χ2n) is 5.14. The molecule has 0 unspecified atom stereocenters. The molecule has 1 aliphatic carbocycles. The maximum atomic E-state index is 11.2. The van der Waals surface area contributed by atoms with E-state index in [9.17, 15) is 4.79 Å². The molecular formula is C14H22N2OS. The van der Waals surface area contributed by atoms with Crippen molar-refractivity contribution in [3.05, 3.63) is 22.4 Å². The number of nitrogens with two attached hydrogens (primary N) is 1. The highest BCUT2D eigenvalue weighted by molar-refractivity contribution is 7.09. The molecular weight excluding hydrogens is 244 g/mol. The molecule has 1 heterocycles. The van der Waals surface area contributed by atoms with E-state index in [1.165, 1.54) is 37.0 Å². The van der Waals surface area contributed by atoms with Crippen molar-refractivity contribution >= 4 is 17.2 Å². The Balaban J connectivity index is 1.89. The molecule has 1 aromatic rings. The van der Waals surface area contributed by atoms with Gasteiger partial charge in [0.1, 0.15) is 0 Å². The first-order valence-corrected chi connectivity index (χ1v) is 7.68. The molecule has 3 nitrogen and oxygen atoms in total. The molecule has 1 amide bonds. The number of carbonyl (C=O) groups excluding carboxylic acids is 1. The van der Waals surface area contributed by atoms with Crippen molar-refractivity contribution in [2.24, 2.45) is 11.7 Å². The first kappa shape index (κ1) is 13.6. The summed E-state index contributed by atoms with van der Waals surface area (Å²) in [5.41, 5.74) is 5.37. The molecule has 0 spiro atoms. The second-order valence-corrected chi connectivity index (χ2v) is 6.17. The molecule has 1 fully saturated rings.